The van der Waals surface area contributed by atoms with Gasteiger partial charge in [0.25, 0.3) is 0 Å². The molecule has 0 bridgehead atoms. The molecule has 3 aromatic rings. The molecule has 108 valence electrons. The molecule has 1 N–H and O–H groups in total. The van der Waals surface area contributed by atoms with Crippen LogP contribution < -0.4 is 10.6 Å². The lowest BCUT2D eigenvalue weighted by molar-refractivity contribution is 0.0697. The molecule has 3 aromatic carbocycles. The molecule has 3 heteroatoms. The van der Waals surface area contributed by atoms with E-state index in [1.807, 2.05) is 42.5 Å². The highest BCUT2D eigenvalue weighted by atomic mass is 31.1. The van der Waals surface area contributed by atoms with Gasteiger partial charge in [-0.15, -0.1) is 0 Å². The maximum absolute atomic E-state index is 10.9. The van der Waals surface area contributed by atoms with Gasteiger partial charge in [0.05, 0.1) is 5.56 Å². The quantitative estimate of drug-likeness (QED) is 0.747. The molecule has 0 aliphatic rings. The van der Waals surface area contributed by atoms with Crippen molar-refractivity contribution in [3.8, 4) is 11.1 Å². The number of carboxylic acids is 1. The molecule has 2 nitrogen and oxygen atoms in total. The minimum absolute atomic E-state index is 0.324. The van der Waals surface area contributed by atoms with Crippen LogP contribution in [0.25, 0.3) is 11.1 Å². The van der Waals surface area contributed by atoms with Crippen LogP contribution in [-0.4, -0.2) is 11.1 Å². The number of benzene rings is 3. The van der Waals surface area contributed by atoms with Gasteiger partial charge in [0.2, 0.25) is 0 Å². The first kappa shape index (κ1) is 14.5. The minimum Gasteiger partial charge on any atom is -0.478 e. The molecule has 0 saturated carbocycles. The number of hydrogen-bond acceptors (Lipinski definition) is 1. The minimum atomic E-state index is -0.889. The van der Waals surface area contributed by atoms with E-state index in [-0.39, 0.29) is 0 Å². The predicted molar refractivity (Wildman–Crippen MR) is 92.9 cm³/mol. The molecule has 0 aliphatic carbocycles. The largest absolute Gasteiger partial charge is 0.478 e. The van der Waals surface area contributed by atoms with Crippen LogP contribution in [0.5, 0.6) is 0 Å². The van der Waals surface area contributed by atoms with E-state index in [2.05, 4.69) is 24.3 Å². The third-order valence-corrected chi connectivity index (χ3v) is 4.75. The van der Waals surface area contributed by atoms with E-state index >= 15 is 0 Å². The molecule has 22 heavy (non-hydrogen) atoms. The summed E-state index contributed by atoms with van der Waals surface area (Å²) in [4.78, 5) is 10.9. The Labute approximate surface area is 131 Å². The van der Waals surface area contributed by atoms with Crippen LogP contribution in [0, 0.1) is 0 Å². The number of aromatic carboxylic acids is 1. The molecule has 1 atom stereocenters. The number of rotatable bonds is 4. The standard InChI is InChI=1S/C19H15O2P/c20-19(21)15-10-12-16(13-11-15)22-18-9-5-4-8-17(18)14-6-2-1-3-7-14/h1-13,22H,(H,20,21). The Kier molecular flexibility index (Phi) is 4.32. The van der Waals surface area contributed by atoms with Crippen molar-refractivity contribution in [2.24, 2.45) is 0 Å². The molecular formula is C19H15O2P. The van der Waals surface area contributed by atoms with Gasteiger partial charge in [0, 0.05) is 0 Å². The monoisotopic (exact) mass is 306 g/mol. The van der Waals surface area contributed by atoms with E-state index in [1.54, 1.807) is 12.1 Å². The fourth-order valence-corrected chi connectivity index (χ4v) is 3.50. The topological polar surface area (TPSA) is 37.3 Å². The van der Waals surface area contributed by atoms with Gasteiger partial charge >= 0.3 is 5.97 Å². The Hall–Kier alpha value is -2.44. The summed E-state index contributed by atoms with van der Waals surface area (Å²) in [7, 11) is 0.498. The van der Waals surface area contributed by atoms with Crippen LogP contribution in [-0.2, 0) is 0 Å². The molecule has 0 heterocycles. The van der Waals surface area contributed by atoms with Crippen LogP contribution in [0.1, 0.15) is 10.4 Å². The fourth-order valence-electron chi connectivity index (χ4n) is 2.31. The third kappa shape index (κ3) is 3.24. The Balaban J connectivity index is 1.91. The van der Waals surface area contributed by atoms with Gasteiger partial charge in [0.1, 0.15) is 0 Å². The summed E-state index contributed by atoms with van der Waals surface area (Å²) in [5.74, 6) is -0.889. The summed E-state index contributed by atoms with van der Waals surface area (Å²) in [6, 6.07) is 25.8. The lowest BCUT2D eigenvalue weighted by atomic mass is 10.1. The van der Waals surface area contributed by atoms with E-state index < -0.39 is 5.97 Å². The van der Waals surface area contributed by atoms with Crippen LogP contribution >= 0.6 is 8.58 Å². The van der Waals surface area contributed by atoms with Crippen molar-refractivity contribution in [1.29, 1.82) is 0 Å². The maximum atomic E-state index is 10.9. The zero-order valence-corrected chi connectivity index (χ0v) is 12.9. The van der Waals surface area contributed by atoms with E-state index in [9.17, 15) is 4.79 Å². The number of carbonyl (C=O) groups is 1. The highest BCUT2D eigenvalue weighted by Crippen LogP contribution is 2.23. The Bertz CT molecular complexity index is 780. The summed E-state index contributed by atoms with van der Waals surface area (Å²) in [6.07, 6.45) is 0. The van der Waals surface area contributed by atoms with Crippen molar-refractivity contribution in [2.75, 3.05) is 0 Å². The second-order valence-electron chi connectivity index (χ2n) is 4.92. The summed E-state index contributed by atoms with van der Waals surface area (Å²) in [5, 5.41) is 11.4. The maximum Gasteiger partial charge on any atom is 0.335 e. The van der Waals surface area contributed by atoms with E-state index in [4.69, 9.17) is 5.11 Å². The van der Waals surface area contributed by atoms with Gasteiger partial charge < -0.3 is 5.11 Å². The molecule has 0 aliphatic heterocycles. The average molecular weight is 306 g/mol. The van der Waals surface area contributed by atoms with Crippen molar-refractivity contribution in [1.82, 2.24) is 0 Å². The first-order valence-electron chi connectivity index (χ1n) is 6.99. The second-order valence-corrected chi connectivity index (χ2v) is 6.29. The summed E-state index contributed by atoms with van der Waals surface area (Å²) in [6.45, 7) is 0. The van der Waals surface area contributed by atoms with Crippen molar-refractivity contribution >= 4 is 25.2 Å². The summed E-state index contributed by atoms with van der Waals surface area (Å²) < 4.78 is 0. The Morgan fingerprint density at radius 2 is 1.41 bits per heavy atom. The lowest BCUT2D eigenvalue weighted by Gasteiger charge is -2.10. The Morgan fingerprint density at radius 1 is 0.773 bits per heavy atom. The molecule has 0 aromatic heterocycles. The van der Waals surface area contributed by atoms with Crippen LogP contribution in [0.2, 0.25) is 0 Å². The highest BCUT2D eigenvalue weighted by molar-refractivity contribution is 7.55. The molecule has 0 spiro atoms. The normalized spacial score (nSPS) is 10.9. The van der Waals surface area contributed by atoms with Crippen LogP contribution in [0.15, 0.2) is 78.9 Å². The van der Waals surface area contributed by atoms with Gasteiger partial charge in [-0.05, 0) is 33.9 Å². The predicted octanol–water partition coefficient (Wildman–Crippen LogP) is 3.68. The smallest absolute Gasteiger partial charge is 0.335 e. The molecule has 0 amide bonds. The molecule has 3 rings (SSSR count). The van der Waals surface area contributed by atoms with Crippen LogP contribution in [0.4, 0.5) is 0 Å². The van der Waals surface area contributed by atoms with Gasteiger partial charge in [-0.3, -0.25) is 0 Å². The van der Waals surface area contributed by atoms with E-state index in [0.717, 1.165) is 5.30 Å². The fraction of sp³-hybridized carbons (Fsp3) is 0. The lowest BCUT2D eigenvalue weighted by Crippen LogP contribution is -2.07. The SMILES string of the molecule is O=C(O)c1ccc(Pc2ccccc2-c2ccccc2)cc1. The zero-order valence-electron chi connectivity index (χ0n) is 11.9. The highest BCUT2D eigenvalue weighted by Gasteiger charge is 2.06. The van der Waals surface area contributed by atoms with Gasteiger partial charge in [-0.2, -0.15) is 0 Å². The van der Waals surface area contributed by atoms with Crippen molar-refractivity contribution in [3.63, 3.8) is 0 Å². The first-order chi connectivity index (χ1) is 10.7. The van der Waals surface area contributed by atoms with Crippen molar-refractivity contribution < 1.29 is 9.90 Å². The second kappa shape index (κ2) is 6.55. The molecule has 1 unspecified atom stereocenters. The third-order valence-electron chi connectivity index (χ3n) is 3.42. The average Bonchev–Trinajstić information content (AvgIpc) is 2.57. The van der Waals surface area contributed by atoms with Gasteiger partial charge in [-0.25, -0.2) is 4.79 Å². The number of hydrogen-bond donors (Lipinski definition) is 1. The zero-order chi connectivity index (χ0) is 15.4. The molecule has 0 radical (unpaired) electrons. The van der Waals surface area contributed by atoms with Gasteiger partial charge in [-0.1, -0.05) is 75.3 Å². The van der Waals surface area contributed by atoms with E-state index in [0.29, 0.717) is 14.1 Å². The molecule has 0 fully saturated rings. The van der Waals surface area contributed by atoms with Crippen molar-refractivity contribution in [3.05, 3.63) is 84.4 Å². The van der Waals surface area contributed by atoms with Crippen molar-refractivity contribution in [2.45, 2.75) is 0 Å². The summed E-state index contributed by atoms with van der Waals surface area (Å²) >= 11 is 0. The first-order valence-corrected chi connectivity index (χ1v) is 7.99. The van der Waals surface area contributed by atoms with Crippen LogP contribution in [0.3, 0.4) is 0 Å². The van der Waals surface area contributed by atoms with Gasteiger partial charge in [0.15, 0.2) is 0 Å². The Morgan fingerprint density at radius 3 is 2.09 bits per heavy atom. The molecular weight excluding hydrogens is 291 g/mol. The molecule has 0 saturated heterocycles. The van der Waals surface area contributed by atoms with E-state index in [1.165, 1.54) is 16.4 Å². The summed E-state index contributed by atoms with van der Waals surface area (Å²) in [5.41, 5.74) is 2.75. The number of carboxylic acid groups (broad SMARTS) is 1.